The third kappa shape index (κ3) is 3.92. The van der Waals surface area contributed by atoms with E-state index in [0.29, 0.717) is 6.04 Å². The number of aromatic nitrogens is 1. The molecule has 2 N–H and O–H groups in total. The second-order valence-corrected chi connectivity index (χ2v) is 7.03. The van der Waals surface area contributed by atoms with Gasteiger partial charge in [0, 0.05) is 29.4 Å². The maximum Gasteiger partial charge on any atom is 0.407 e. The minimum absolute atomic E-state index is 0.176. The van der Waals surface area contributed by atoms with E-state index in [-0.39, 0.29) is 12.1 Å². The van der Waals surface area contributed by atoms with Crippen LogP contribution >= 0.6 is 0 Å². The molecule has 2 aromatic rings. The Labute approximate surface area is 136 Å². The Kier molecular flexibility index (Phi) is 4.11. The molecule has 1 aliphatic rings. The number of anilines is 1. The van der Waals surface area contributed by atoms with E-state index in [0.717, 1.165) is 29.4 Å². The molecule has 3 rings (SSSR count). The van der Waals surface area contributed by atoms with Crippen LogP contribution in [0.25, 0.3) is 10.9 Å². The van der Waals surface area contributed by atoms with Crippen LogP contribution in [0.1, 0.15) is 33.6 Å². The summed E-state index contributed by atoms with van der Waals surface area (Å²) in [5, 5.41) is 7.58. The Balaban J connectivity index is 1.53. The number of amides is 1. The number of nitrogens with zero attached hydrogens (tertiary/aromatic N) is 1. The van der Waals surface area contributed by atoms with Crippen molar-refractivity contribution in [2.45, 2.75) is 51.3 Å². The fraction of sp³-hybridized carbons (Fsp3) is 0.444. The van der Waals surface area contributed by atoms with Gasteiger partial charge in [0.25, 0.3) is 0 Å². The molecule has 0 bridgehead atoms. The number of hydrogen-bond donors (Lipinski definition) is 2. The van der Waals surface area contributed by atoms with Crippen molar-refractivity contribution in [3.63, 3.8) is 0 Å². The molecule has 1 aromatic heterocycles. The van der Waals surface area contributed by atoms with Crippen LogP contribution in [-0.2, 0) is 4.74 Å². The number of pyridine rings is 1. The number of ether oxygens (including phenoxy) is 1. The summed E-state index contributed by atoms with van der Waals surface area (Å²) in [7, 11) is 0. The van der Waals surface area contributed by atoms with Gasteiger partial charge in [-0.3, -0.25) is 4.98 Å². The maximum atomic E-state index is 11.7. The number of rotatable bonds is 3. The van der Waals surface area contributed by atoms with E-state index in [1.54, 1.807) is 6.20 Å². The molecule has 23 heavy (non-hydrogen) atoms. The first-order valence-electron chi connectivity index (χ1n) is 8.00. The highest BCUT2D eigenvalue weighted by atomic mass is 16.6. The number of carbonyl (C=O) groups is 1. The van der Waals surface area contributed by atoms with Crippen molar-refractivity contribution in [3.05, 3.63) is 36.5 Å². The van der Waals surface area contributed by atoms with Crippen LogP contribution in [0.3, 0.4) is 0 Å². The van der Waals surface area contributed by atoms with Gasteiger partial charge in [-0.25, -0.2) is 4.79 Å². The molecule has 0 atom stereocenters. The molecule has 1 aliphatic carbocycles. The number of alkyl carbamates (subject to hydrolysis) is 1. The van der Waals surface area contributed by atoms with Crippen molar-refractivity contribution < 1.29 is 9.53 Å². The van der Waals surface area contributed by atoms with Crippen LogP contribution in [0.2, 0.25) is 0 Å². The molecule has 122 valence electrons. The average Bonchev–Trinajstić information content (AvgIpc) is 2.43. The van der Waals surface area contributed by atoms with Gasteiger partial charge in [-0.2, -0.15) is 0 Å². The van der Waals surface area contributed by atoms with Crippen LogP contribution in [0.15, 0.2) is 36.5 Å². The lowest BCUT2D eigenvalue weighted by Gasteiger charge is -2.37. The summed E-state index contributed by atoms with van der Waals surface area (Å²) in [5.74, 6) is 0. The lowest BCUT2D eigenvalue weighted by molar-refractivity contribution is 0.0475. The Bertz CT molecular complexity index is 697. The number of nitrogens with one attached hydrogen (secondary N) is 2. The average molecular weight is 313 g/mol. The van der Waals surface area contributed by atoms with Crippen LogP contribution < -0.4 is 10.6 Å². The fourth-order valence-electron chi connectivity index (χ4n) is 2.78. The van der Waals surface area contributed by atoms with Crippen molar-refractivity contribution in [2.24, 2.45) is 0 Å². The third-order valence-corrected chi connectivity index (χ3v) is 3.86. The van der Waals surface area contributed by atoms with Gasteiger partial charge in [0.05, 0.1) is 5.52 Å². The summed E-state index contributed by atoms with van der Waals surface area (Å²) in [5.41, 5.74) is 1.62. The molecule has 1 fully saturated rings. The smallest absolute Gasteiger partial charge is 0.407 e. The highest BCUT2D eigenvalue weighted by Gasteiger charge is 2.31. The number of fused-ring (bicyclic) bond motifs is 1. The third-order valence-electron chi connectivity index (χ3n) is 3.86. The first-order chi connectivity index (χ1) is 10.9. The van der Waals surface area contributed by atoms with Crippen molar-refractivity contribution >= 4 is 22.7 Å². The van der Waals surface area contributed by atoms with Gasteiger partial charge < -0.3 is 15.4 Å². The molecule has 1 aromatic carbocycles. The molecular weight excluding hydrogens is 290 g/mol. The number of carbonyl (C=O) groups excluding carboxylic acids is 1. The van der Waals surface area contributed by atoms with Gasteiger partial charge in [-0.05, 0) is 57.9 Å². The van der Waals surface area contributed by atoms with Gasteiger partial charge in [0.15, 0.2) is 0 Å². The predicted octanol–water partition coefficient (Wildman–Crippen LogP) is 3.70. The Morgan fingerprint density at radius 3 is 2.70 bits per heavy atom. The van der Waals surface area contributed by atoms with Crippen molar-refractivity contribution in [1.29, 1.82) is 0 Å². The van der Waals surface area contributed by atoms with Crippen molar-refractivity contribution in [1.82, 2.24) is 10.3 Å². The van der Waals surface area contributed by atoms with Gasteiger partial charge in [0.2, 0.25) is 0 Å². The summed E-state index contributed by atoms with van der Waals surface area (Å²) in [4.78, 5) is 16.1. The van der Waals surface area contributed by atoms with E-state index in [1.807, 2.05) is 39.0 Å². The van der Waals surface area contributed by atoms with E-state index >= 15 is 0 Å². The predicted molar refractivity (Wildman–Crippen MR) is 91.5 cm³/mol. The Morgan fingerprint density at radius 1 is 1.17 bits per heavy atom. The minimum Gasteiger partial charge on any atom is -0.444 e. The van der Waals surface area contributed by atoms with Crippen molar-refractivity contribution in [3.8, 4) is 0 Å². The minimum atomic E-state index is -0.457. The van der Waals surface area contributed by atoms with Gasteiger partial charge >= 0.3 is 6.09 Å². The Hall–Kier alpha value is -2.30. The van der Waals surface area contributed by atoms with E-state index in [2.05, 4.69) is 27.8 Å². The molecule has 5 nitrogen and oxygen atoms in total. The van der Waals surface area contributed by atoms with Crippen molar-refractivity contribution in [2.75, 3.05) is 5.32 Å². The molecular formula is C18H23N3O2. The maximum absolute atomic E-state index is 11.7. The monoisotopic (exact) mass is 313 g/mol. The summed E-state index contributed by atoms with van der Waals surface area (Å²) < 4.78 is 5.28. The molecule has 0 aliphatic heterocycles. The molecule has 0 saturated heterocycles. The zero-order valence-electron chi connectivity index (χ0n) is 13.8. The first-order valence-corrected chi connectivity index (χ1v) is 8.00. The SMILES string of the molecule is CC(C)(C)OC(=O)NC1CC(Nc2cccc3ncccc23)C1. The lowest BCUT2D eigenvalue weighted by Crippen LogP contribution is -2.50. The molecule has 0 spiro atoms. The first kappa shape index (κ1) is 15.6. The standard InChI is InChI=1S/C18H23N3O2/c1-18(2,3)23-17(22)21-13-10-12(11-13)20-16-8-4-7-15-14(16)6-5-9-19-15/h4-9,12-13,20H,10-11H2,1-3H3,(H,21,22). The largest absolute Gasteiger partial charge is 0.444 e. The number of hydrogen-bond acceptors (Lipinski definition) is 4. The topological polar surface area (TPSA) is 63.2 Å². The summed E-state index contributed by atoms with van der Waals surface area (Å²) in [6.45, 7) is 5.60. The van der Waals surface area contributed by atoms with E-state index in [9.17, 15) is 4.79 Å². The van der Waals surface area contributed by atoms with Gasteiger partial charge in [-0.1, -0.05) is 6.07 Å². The summed E-state index contributed by atoms with van der Waals surface area (Å²) >= 11 is 0. The van der Waals surface area contributed by atoms with Crippen LogP contribution in [0.5, 0.6) is 0 Å². The second-order valence-electron chi connectivity index (χ2n) is 7.03. The lowest BCUT2D eigenvalue weighted by atomic mass is 9.86. The summed E-state index contributed by atoms with van der Waals surface area (Å²) in [6.07, 6.45) is 3.26. The fourth-order valence-corrected chi connectivity index (χ4v) is 2.78. The normalized spacial score (nSPS) is 20.7. The Morgan fingerprint density at radius 2 is 1.96 bits per heavy atom. The zero-order valence-corrected chi connectivity index (χ0v) is 13.8. The molecule has 0 radical (unpaired) electrons. The molecule has 1 amide bonds. The van der Waals surface area contributed by atoms with Crippen LogP contribution in [0, 0.1) is 0 Å². The number of benzene rings is 1. The summed E-state index contributed by atoms with van der Waals surface area (Å²) in [6, 6.07) is 10.6. The quantitative estimate of drug-likeness (QED) is 0.907. The van der Waals surface area contributed by atoms with E-state index in [1.165, 1.54) is 0 Å². The van der Waals surface area contributed by atoms with Gasteiger partial charge in [-0.15, -0.1) is 0 Å². The molecule has 0 unspecified atom stereocenters. The zero-order chi connectivity index (χ0) is 16.4. The van der Waals surface area contributed by atoms with Crippen LogP contribution in [0.4, 0.5) is 10.5 Å². The van der Waals surface area contributed by atoms with Crippen LogP contribution in [-0.4, -0.2) is 28.8 Å². The second kappa shape index (κ2) is 6.07. The molecule has 1 saturated carbocycles. The highest BCUT2D eigenvalue weighted by molar-refractivity contribution is 5.91. The molecule has 5 heteroatoms. The van der Waals surface area contributed by atoms with Gasteiger partial charge in [0.1, 0.15) is 5.60 Å². The molecule has 1 heterocycles. The highest BCUT2D eigenvalue weighted by Crippen LogP contribution is 2.28. The van der Waals surface area contributed by atoms with E-state index < -0.39 is 5.60 Å². The van der Waals surface area contributed by atoms with E-state index in [4.69, 9.17) is 4.74 Å².